The van der Waals surface area contributed by atoms with Crippen LogP contribution in [0.2, 0.25) is 0 Å². The monoisotopic (exact) mass is 523 g/mol. The third-order valence-electron chi connectivity index (χ3n) is 7.98. The molecule has 0 amide bonds. The molecule has 11 heteroatoms. The molecule has 0 spiro atoms. The van der Waals surface area contributed by atoms with Crippen LogP contribution in [-0.4, -0.2) is 60.3 Å². The normalized spacial score (nSPS) is 19.9. The fraction of sp³-hybridized carbons (Fsp3) is 0.286. The van der Waals surface area contributed by atoms with Crippen LogP contribution in [0, 0.1) is 24.6 Å². The summed E-state index contributed by atoms with van der Waals surface area (Å²) in [6, 6.07) is 13.2. The number of hydrogen-bond donors (Lipinski definition) is 0. The van der Waals surface area contributed by atoms with Crippen molar-refractivity contribution in [2.24, 2.45) is 18.9 Å². The first-order chi connectivity index (χ1) is 18.9. The number of rotatable bonds is 5. The zero-order valence-corrected chi connectivity index (χ0v) is 21.7. The van der Waals surface area contributed by atoms with E-state index in [1.807, 2.05) is 54.9 Å². The molecule has 0 unspecified atom stereocenters. The van der Waals surface area contributed by atoms with Crippen LogP contribution in [-0.2, 0) is 7.05 Å². The Morgan fingerprint density at radius 3 is 2.54 bits per heavy atom. The number of halogens is 1. The van der Waals surface area contributed by atoms with Gasteiger partial charge in [-0.1, -0.05) is 30.3 Å². The molecule has 5 heterocycles. The number of pyridine rings is 1. The molecule has 3 atom stereocenters. The van der Waals surface area contributed by atoms with E-state index < -0.39 is 5.82 Å². The van der Waals surface area contributed by atoms with Crippen LogP contribution in [0.3, 0.4) is 0 Å². The molecule has 0 N–H and O–H groups in total. The van der Waals surface area contributed by atoms with E-state index in [2.05, 4.69) is 25.0 Å². The van der Waals surface area contributed by atoms with Gasteiger partial charge in [-0.15, -0.1) is 10.2 Å². The summed E-state index contributed by atoms with van der Waals surface area (Å²) in [7, 11) is 3.65. The molecule has 39 heavy (non-hydrogen) atoms. The van der Waals surface area contributed by atoms with E-state index in [-0.39, 0.29) is 17.2 Å². The van der Waals surface area contributed by atoms with Crippen LogP contribution >= 0.6 is 0 Å². The maximum atomic E-state index is 14.4. The third kappa shape index (κ3) is 3.76. The van der Waals surface area contributed by atoms with Crippen LogP contribution in [0.15, 0.2) is 65.8 Å². The van der Waals surface area contributed by atoms with Gasteiger partial charge in [0, 0.05) is 74.6 Å². The van der Waals surface area contributed by atoms with E-state index in [9.17, 15) is 9.18 Å². The molecule has 196 valence electrons. The van der Waals surface area contributed by atoms with Crippen molar-refractivity contribution in [2.45, 2.75) is 13.0 Å². The largest absolute Gasteiger partial charge is 0.353 e. The average molecular weight is 524 g/mol. The van der Waals surface area contributed by atoms with E-state index >= 15 is 0 Å². The zero-order valence-electron chi connectivity index (χ0n) is 21.7. The highest BCUT2D eigenvalue weighted by molar-refractivity contribution is 5.71. The van der Waals surface area contributed by atoms with Crippen molar-refractivity contribution in [3.63, 3.8) is 0 Å². The van der Waals surface area contributed by atoms with Gasteiger partial charge in [0.2, 0.25) is 11.6 Å². The number of aryl methyl sites for hydroxylation is 1. The van der Waals surface area contributed by atoms with Crippen molar-refractivity contribution < 1.29 is 4.39 Å². The summed E-state index contributed by atoms with van der Waals surface area (Å²) in [5.74, 6) is 2.39. The summed E-state index contributed by atoms with van der Waals surface area (Å²) in [4.78, 5) is 30.6. The summed E-state index contributed by atoms with van der Waals surface area (Å²) >= 11 is 0. The SMILES string of the molecule is Cc1nnc2c(N3C[C@@H]4[C@H](C3)[C@H]4N(C)c3nc(-c4ccncc4F)cc(=O)n3C)nc(-c3ccccc3)cn12. The van der Waals surface area contributed by atoms with Gasteiger partial charge in [0.15, 0.2) is 11.6 Å². The molecule has 4 aromatic heterocycles. The molecule has 1 aromatic carbocycles. The molecule has 0 bridgehead atoms. The van der Waals surface area contributed by atoms with Crippen molar-refractivity contribution >= 4 is 17.4 Å². The second-order valence-corrected chi connectivity index (χ2v) is 10.3. The number of benzene rings is 1. The van der Waals surface area contributed by atoms with Gasteiger partial charge in [-0.2, -0.15) is 0 Å². The van der Waals surface area contributed by atoms with E-state index in [1.165, 1.54) is 22.9 Å². The molecule has 1 saturated heterocycles. The van der Waals surface area contributed by atoms with Crippen LogP contribution in [0.4, 0.5) is 16.2 Å². The Kier molecular flexibility index (Phi) is 5.22. The summed E-state index contributed by atoms with van der Waals surface area (Å²) in [5.41, 5.74) is 2.98. The second-order valence-electron chi connectivity index (χ2n) is 10.3. The van der Waals surface area contributed by atoms with Crippen LogP contribution in [0.5, 0.6) is 0 Å². The smallest absolute Gasteiger partial charge is 0.255 e. The van der Waals surface area contributed by atoms with Gasteiger partial charge in [0.1, 0.15) is 5.82 Å². The Balaban J connectivity index is 1.17. The Hall–Kier alpha value is -4.67. The van der Waals surface area contributed by atoms with Gasteiger partial charge in [-0.3, -0.25) is 18.7 Å². The maximum absolute atomic E-state index is 14.4. The van der Waals surface area contributed by atoms with Gasteiger partial charge >= 0.3 is 0 Å². The van der Waals surface area contributed by atoms with E-state index in [4.69, 9.17) is 9.97 Å². The minimum Gasteiger partial charge on any atom is -0.353 e. The molecule has 1 aliphatic carbocycles. The first kappa shape index (κ1) is 23.4. The van der Waals surface area contributed by atoms with Crippen molar-refractivity contribution in [1.82, 2.24) is 34.1 Å². The number of anilines is 2. The first-order valence-corrected chi connectivity index (χ1v) is 12.8. The van der Waals surface area contributed by atoms with Gasteiger partial charge in [0.05, 0.1) is 17.6 Å². The van der Waals surface area contributed by atoms with E-state index in [0.29, 0.717) is 23.5 Å². The van der Waals surface area contributed by atoms with Gasteiger partial charge in [-0.05, 0) is 13.0 Å². The zero-order chi connectivity index (χ0) is 26.8. The summed E-state index contributed by atoms with van der Waals surface area (Å²) < 4.78 is 17.9. The van der Waals surface area contributed by atoms with Crippen LogP contribution in [0.1, 0.15) is 5.82 Å². The molecule has 5 aromatic rings. The number of hydrogen-bond acceptors (Lipinski definition) is 8. The Morgan fingerprint density at radius 2 is 1.79 bits per heavy atom. The minimum atomic E-state index is -0.508. The highest BCUT2D eigenvalue weighted by Crippen LogP contribution is 2.50. The number of piperidine rings is 1. The van der Waals surface area contributed by atoms with Gasteiger partial charge < -0.3 is 9.80 Å². The predicted molar refractivity (Wildman–Crippen MR) is 145 cm³/mol. The van der Waals surface area contributed by atoms with E-state index in [0.717, 1.165) is 47.8 Å². The summed E-state index contributed by atoms with van der Waals surface area (Å²) in [5, 5.41) is 8.72. The van der Waals surface area contributed by atoms with Crippen LogP contribution < -0.4 is 15.4 Å². The quantitative estimate of drug-likeness (QED) is 0.347. The Morgan fingerprint density at radius 1 is 1.03 bits per heavy atom. The fourth-order valence-electron chi connectivity index (χ4n) is 5.89. The maximum Gasteiger partial charge on any atom is 0.255 e. The molecular formula is C28H26FN9O. The third-order valence-corrected chi connectivity index (χ3v) is 7.98. The molecule has 1 aliphatic heterocycles. The van der Waals surface area contributed by atoms with Crippen molar-refractivity contribution in [3.8, 4) is 22.5 Å². The van der Waals surface area contributed by atoms with Crippen molar-refractivity contribution in [3.05, 3.63) is 83.1 Å². The average Bonchev–Trinajstić information content (AvgIpc) is 3.24. The Bertz CT molecular complexity index is 1770. The fourth-order valence-corrected chi connectivity index (χ4v) is 5.89. The summed E-state index contributed by atoms with van der Waals surface area (Å²) in [6.07, 6.45) is 4.61. The van der Waals surface area contributed by atoms with Crippen LogP contribution in [0.25, 0.3) is 28.2 Å². The lowest BCUT2D eigenvalue weighted by Crippen LogP contribution is -2.36. The molecule has 0 radical (unpaired) electrons. The first-order valence-electron chi connectivity index (χ1n) is 12.8. The van der Waals surface area contributed by atoms with Crippen molar-refractivity contribution in [2.75, 3.05) is 29.9 Å². The highest BCUT2D eigenvalue weighted by atomic mass is 19.1. The number of fused-ring (bicyclic) bond motifs is 2. The lowest BCUT2D eigenvalue weighted by atomic mass is 10.1. The lowest BCUT2D eigenvalue weighted by molar-refractivity contribution is 0.623. The summed E-state index contributed by atoms with van der Waals surface area (Å²) in [6.45, 7) is 3.55. The Labute approximate surface area is 223 Å². The highest BCUT2D eigenvalue weighted by Gasteiger charge is 2.59. The molecule has 2 aliphatic rings. The molecule has 2 fully saturated rings. The van der Waals surface area contributed by atoms with Gasteiger partial charge in [0.25, 0.3) is 5.56 Å². The molecular weight excluding hydrogens is 497 g/mol. The molecule has 10 nitrogen and oxygen atoms in total. The lowest BCUT2D eigenvalue weighted by Gasteiger charge is -2.27. The van der Waals surface area contributed by atoms with Gasteiger partial charge in [-0.25, -0.2) is 14.4 Å². The second kappa shape index (κ2) is 8.69. The molecule has 1 saturated carbocycles. The topological polar surface area (TPSA) is 97.3 Å². The number of aromatic nitrogens is 7. The van der Waals surface area contributed by atoms with E-state index in [1.54, 1.807) is 7.05 Å². The molecule has 7 rings (SSSR count). The predicted octanol–water partition coefficient (Wildman–Crippen LogP) is 2.97. The minimum absolute atomic E-state index is 0.213. The number of nitrogens with zero attached hydrogens (tertiary/aromatic N) is 9. The van der Waals surface area contributed by atoms with Crippen molar-refractivity contribution in [1.29, 1.82) is 0 Å². The standard InChI is InChI=1S/C28H26FN9O/c1-16-33-34-27-26(31-23(15-38(16)27)17-7-5-4-6-8-17)37-13-19-20(14-37)25(19)36(3)28-32-22(11-24(39)35(28)2)18-9-10-30-12-21(18)29/h4-12,15,19-20,25H,13-14H2,1-3H3/t19-,20+,25+.